The molecule has 0 amide bonds. The monoisotopic (exact) mass is 260 g/mol. The second-order valence-corrected chi connectivity index (χ2v) is 3.79. The SMILES string of the molecule is CNc1cc(-c2cccc(OC)c2OC)nc(N)n1. The van der Waals surface area contributed by atoms with E-state index in [9.17, 15) is 0 Å². The van der Waals surface area contributed by atoms with Crippen molar-refractivity contribution in [2.24, 2.45) is 0 Å². The van der Waals surface area contributed by atoms with Crippen LogP contribution in [0.15, 0.2) is 24.3 Å². The molecular weight excluding hydrogens is 244 g/mol. The van der Waals surface area contributed by atoms with Crippen LogP contribution in [-0.4, -0.2) is 31.2 Å². The number of ether oxygens (including phenoxy) is 2. The Kier molecular flexibility index (Phi) is 3.70. The zero-order chi connectivity index (χ0) is 13.8. The highest BCUT2D eigenvalue weighted by molar-refractivity contribution is 5.73. The molecule has 0 bridgehead atoms. The van der Waals surface area contributed by atoms with Gasteiger partial charge in [-0.1, -0.05) is 6.07 Å². The molecule has 0 atom stereocenters. The van der Waals surface area contributed by atoms with Crippen LogP contribution in [0.1, 0.15) is 0 Å². The van der Waals surface area contributed by atoms with Crippen molar-refractivity contribution >= 4 is 11.8 Å². The molecule has 100 valence electrons. The fourth-order valence-electron chi connectivity index (χ4n) is 1.82. The predicted octanol–water partition coefficient (Wildman–Crippen LogP) is 1.78. The first-order valence-corrected chi connectivity index (χ1v) is 5.73. The third-order valence-corrected chi connectivity index (χ3v) is 2.68. The summed E-state index contributed by atoms with van der Waals surface area (Å²) in [7, 11) is 4.95. The fourth-order valence-corrected chi connectivity index (χ4v) is 1.82. The molecule has 0 saturated heterocycles. The standard InChI is InChI=1S/C13H16N4O2/c1-15-11-7-9(16-13(14)17-11)8-5-4-6-10(18-2)12(8)19-3/h4-7H,1-3H3,(H3,14,15,16,17). The Bertz CT molecular complexity index is 587. The first kappa shape index (κ1) is 12.9. The van der Waals surface area contributed by atoms with Crippen LogP contribution in [0.25, 0.3) is 11.3 Å². The Balaban J connectivity index is 2.61. The van der Waals surface area contributed by atoms with E-state index in [4.69, 9.17) is 15.2 Å². The lowest BCUT2D eigenvalue weighted by Crippen LogP contribution is -2.02. The average molecular weight is 260 g/mol. The highest BCUT2D eigenvalue weighted by Crippen LogP contribution is 2.37. The molecule has 0 saturated carbocycles. The lowest BCUT2D eigenvalue weighted by atomic mass is 10.1. The molecule has 6 nitrogen and oxygen atoms in total. The van der Waals surface area contributed by atoms with Gasteiger partial charge >= 0.3 is 0 Å². The first-order valence-electron chi connectivity index (χ1n) is 5.73. The average Bonchev–Trinajstić information content (AvgIpc) is 2.45. The lowest BCUT2D eigenvalue weighted by Gasteiger charge is -2.12. The summed E-state index contributed by atoms with van der Waals surface area (Å²) in [5.41, 5.74) is 7.17. The van der Waals surface area contributed by atoms with E-state index in [0.29, 0.717) is 23.0 Å². The Hall–Kier alpha value is -2.50. The van der Waals surface area contributed by atoms with Crippen molar-refractivity contribution in [3.63, 3.8) is 0 Å². The topological polar surface area (TPSA) is 82.3 Å². The Morgan fingerprint density at radius 1 is 1.16 bits per heavy atom. The van der Waals surface area contributed by atoms with Crippen LogP contribution in [0.3, 0.4) is 0 Å². The van der Waals surface area contributed by atoms with Crippen LogP contribution < -0.4 is 20.5 Å². The Morgan fingerprint density at radius 2 is 1.95 bits per heavy atom. The third-order valence-electron chi connectivity index (χ3n) is 2.68. The number of nitrogen functional groups attached to an aromatic ring is 1. The van der Waals surface area contributed by atoms with Crippen molar-refractivity contribution in [2.45, 2.75) is 0 Å². The van der Waals surface area contributed by atoms with Gasteiger partial charge in [0, 0.05) is 18.7 Å². The number of para-hydroxylation sites is 1. The minimum atomic E-state index is 0.201. The summed E-state index contributed by atoms with van der Waals surface area (Å²) in [6, 6.07) is 7.39. The minimum absolute atomic E-state index is 0.201. The molecule has 1 aromatic heterocycles. The van der Waals surface area contributed by atoms with E-state index in [1.165, 1.54) is 0 Å². The summed E-state index contributed by atoms with van der Waals surface area (Å²) in [4.78, 5) is 8.29. The maximum absolute atomic E-state index is 5.70. The van der Waals surface area contributed by atoms with Crippen molar-refractivity contribution in [3.05, 3.63) is 24.3 Å². The van der Waals surface area contributed by atoms with Crippen LogP contribution >= 0.6 is 0 Å². The van der Waals surface area contributed by atoms with Crippen LogP contribution in [0.5, 0.6) is 11.5 Å². The molecule has 6 heteroatoms. The quantitative estimate of drug-likeness (QED) is 0.872. The summed E-state index contributed by atoms with van der Waals surface area (Å²) in [6.45, 7) is 0. The van der Waals surface area contributed by atoms with Gasteiger partial charge in [0.25, 0.3) is 0 Å². The number of rotatable bonds is 4. The van der Waals surface area contributed by atoms with E-state index >= 15 is 0 Å². The molecule has 0 spiro atoms. The van der Waals surface area contributed by atoms with Crippen molar-refractivity contribution in [1.82, 2.24) is 9.97 Å². The molecule has 0 aliphatic carbocycles. The van der Waals surface area contributed by atoms with E-state index in [-0.39, 0.29) is 5.95 Å². The number of benzene rings is 1. The molecule has 0 aliphatic rings. The van der Waals surface area contributed by atoms with E-state index in [0.717, 1.165) is 5.56 Å². The van der Waals surface area contributed by atoms with Gasteiger partial charge in [0.1, 0.15) is 5.82 Å². The Morgan fingerprint density at radius 3 is 2.58 bits per heavy atom. The van der Waals surface area contributed by atoms with Crippen molar-refractivity contribution in [2.75, 3.05) is 32.3 Å². The number of nitrogens with one attached hydrogen (secondary N) is 1. The number of hydrogen-bond acceptors (Lipinski definition) is 6. The molecule has 0 unspecified atom stereocenters. The first-order chi connectivity index (χ1) is 9.19. The van der Waals surface area contributed by atoms with Gasteiger partial charge in [-0.25, -0.2) is 4.98 Å². The van der Waals surface area contributed by atoms with Gasteiger partial charge in [0.15, 0.2) is 11.5 Å². The van der Waals surface area contributed by atoms with Gasteiger partial charge in [0.05, 0.1) is 19.9 Å². The van der Waals surface area contributed by atoms with E-state index in [2.05, 4.69) is 15.3 Å². The molecule has 19 heavy (non-hydrogen) atoms. The van der Waals surface area contributed by atoms with Gasteiger partial charge in [-0.3, -0.25) is 0 Å². The van der Waals surface area contributed by atoms with Crippen LogP contribution in [0, 0.1) is 0 Å². The summed E-state index contributed by atoms with van der Waals surface area (Å²) in [5, 5.41) is 2.94. The molecule has 1 aromatic carbocycles. The molecular formula is C13H16N4O2. The number of hydrogen-bond donors (Lipinski definition) is 2. The van der Waals surface area contributed by atoms with E-state index < -0.39 is 0 Å². The number of anilines is 2. The molecule has 3 N–H and O–H groups in total. The minimum Gasteiger partial charge on any atom is -0.493 e. The second kappa shape index (κ2) is 5.43. The third kappa shape index (κ3) is 2.52. The summed E-state index contributed by atoms with van der Waals surface area (Å²) < 4.78 is 10.7. The van der Waals surface area contributed by atoms with Crippen molar-refractivity contribution < 1.29 is 9.47 Å². The molecule has 2 rings (SSSR count). The van der Waals surface area contributed by atoms with E-state index in [1.54, 1.807) is 27.3 Å². The Labute approximate surface area is 111 Å². The smallest absolute Gasteiger partial charge is 0.222 e. The zero-order valence-electron chi connectivity index (χ0n) is 11.1. The van der Waals surface area contributed by atoms with Crippen LogP contribution in [0.2, 0.25) is 0 Å². The summed E-state index contributed by atoms with van der Waals surface area (Å²) in [6.07, 6.45) is 0. The van der Waals surface area contributed by atoms with Gasteiger partial charge in [-0.2, -0.15) is 4.98 Å². The number of methoxy groups -OCH3 is 2. The molecule has 0 radical (unpaired) electrons. The molecule has 2 aromatic rings. The van der Waals surface area contributed by atoms with Gasteiger partial charge in [-0.05, 0) is 12.1 Å². The van der Waals surface area contributed by atoms with Crippen LogP contribution in [-0.2, 0) is 0 Å². The van der Waals surface area contributed by atoms with Gasteiger partial charge in [0.2, 0.25) is 5.95 Å². The normalized spacial score (nSPS) is 10.1. The number of nitrogens with two attached hydrogens (primary N) is 1. The predicted molar refractivity (Wildman–Crippen MR) is 74.5 cm³/mol. The highest BCUT2D eigenvalue weighted by atomic mass is 16.5. The van der Waals surface area contributed by atoms with Crippen LogP contribution in [0.4, 0.5) is 11.8 Å². The number of nitrogens with zero attached hydrogens (tertiary/aromatic N) is 2. The zero-order valence-corrected chi connectivity index (χ0v) is 11.1. The van der Waals surface area contributed by atoms with Crippen molar-refractivity contribution in [1.29, 1.82) is 0 Å². The van der Waals surface area contributed by atoms with Crippen molar-refractivity contribution in [3.8, 4) is 22.8 Å². The lowest BCUT2D eigenvalue weighted by molar-refractivity contribution is 0.356. The molecule has 0 aliphatic heterocycles. The van der Waals surface area contributed by atoms with Gasteiger partial charge < -0.3 is 20.5 Å². The van der Waals surface area contributed by atoms with Gasteiger partial charge in [-0.15, -0.1) is 0 Å². The molecule has 1 heterocycles. The van der Waals surface area contributed by atoms with E-state index in [1.807, 2.05) is 18.2 Å². The number of aromatic nitrogens is 2. The second-order valence-electron chi connectivity index (χ2n) is 3.79. The summed E-state index contributed by atoms with van der Waals surface area (Å²) in [5.74, 6) is 2.10. The maximum atomic E-state index is 5.70. The highest BCUT2D eigenvalue weighted by Gasteiger charge is 2.13. The maximum Gasteiger partial charge on any atom is 0.222 e. The largest absolute Gasteiger partial charge is 0.493 e. The molecule has 0 fully saturated rings. The fraction of sp³-hybridized carbons (Fsp3) is 0.231. The summed E-state index contributed by atoms with van der Waals surface area (Å²) >= 11 is 0.